The molecule has 8 aromatic rings. The first kappa shape index (κ1) is 24.1. The molecule has 2 heterocycles. The van der Waals surface area contributed by atoms with Gasteiger partial charge in [-0.2, -0.15) is 10.5 Å². The van der Waals surface area contributed by atoms with Crippen molar-refractivity contribution in [2.24, 2.45) is 0 Å². The molecule has 0 fully saturated rings. The van der Waals surface area contributed by atoms with Crippen LogP contribution in [-0.4, -0.2) is 0 Å². The highest BCUT2D eigenvalue weighted by Crippen LogP contribution is 2.41. The molecule has 0 aliphatic rings. The summed E-state index contributed by atoms with van der Waals surface area (Å²) in [6.07, 6.45) is 0. The molecule has 0 radical (unpaired) electrons. The summed E-state index contributed by atoms with van der Waals surface area (Å²) in [6, 6.07) is 45.6. The summed E-state index contributed by atoms with van der Waals surface area (Å²) >= 11 is 1.79. The van der Waals surface area contributed by atoms with Crippen LogP contribution in [0.2, 0.25) is 0 Å². The van der Waals surface area contributed by atoms with Gasteiger partial charge in [0.15, 0.2) is 0 Å². The zero-order valence-corrected chi connectivity index (χ0v) is 23.1. The Morgan fingerprint density at radius 3 is 2.02 bits per heavy atom. The molecule has 0 saturated heterocycles. The third kappa shape index (κ3) is 3.79. The number of nitrogens with zero attached hydrogens (tertiary/aromatic N) is 2. The van der Waals surface area contributed by atoms with Crippen LogP contribution in [0.3, 0.4) is 0 Å². The normalized spacial score (nSPS) is 11.3. The van der Waals surface area contributed by atoms with Crippen molar-refractivity contribution in [1.29, 1.82) is 10.5 Å². The molecule has 8 rings (SSSR count). The van der Waals surface area contributed by atoms with Gasteiger partial charge in [0.25, 0.3) is 0 Å². The number of para-hydroxylation sites is 1. The van der Waals surface area contributed by atoms with Crippen molar-refractivity contribution >= 4 is 53.4 Å². The minimum absolute atomic E-state index is 0.557. The smallest absolute Gasteiger partial charge is 0.135 e. The Morgan fingerprint density at radius 1 is 0.476 bits per heavy atom. The van der Waals surface area contributed by atoms with Crippen LogP contribution >= 0.6 is 11.3 Å². The number of hydrogen-bond donors (Lipinski definition) is 0. The fourth-order valence-electron chi connectivity index (χ4n) is 5.94. The van der Waals surface area contributed by atoms with Gasteiger partial charge in [0.2, 0.25) is 0 Å². The molecular formula is C38H20N2OS. The molecule has 42 heavy (non-hydrogen) atoms. The second kappa shape index (κ2) is 9.46. The van der Waals surface area contributed by atoms with Crippen LogP contribution in [-0.2, 0) is 0 Å². The first-order valence-corrected chi connectivity index (χ1v) is 14.4. The summed E-state index contributed by atoms with van der Waals surface area (Å²) in [5.74, 6) is 0. The van der Waals surface area contributed by atoms with Crippen molar-refractivity contribution in [3.63, 3.8) is 0 Å². The van der Waals surface area contributed by atoms with Crippen LogP contribution in [0.4, 0.5) is 0 Å². The summed E-state index contributed by atoms with van der Waals surface area (Å²) < 4.78 is 8.57. The maximum atomic E-state index is 10.5. The fraction of sp³-hybridized carbons (Fsp3) is 0. The van der Waals surface area contributed by atoms with Crippen molar-refractivity contribution in [1.82, 2.24) is 0 Å². The van der Waals surface area contributed by atoms with Gasteiger partial charge in [-0.25, -0.2) is 0 Å². The minimum Gasteiger partial charge on any atom is -0.456 e. The molecule has 6 aromatic carbocycles. The van der Waals surface area contributed by atoms with E-state index in [-0.39, 0.29) is 0 Å². The maximum Gasteiger partial charge on any atom is 0.135 e. The molecule has 0 amide bonds. The van der Waals surface area contributed by atoms with E-state index in [4.69, 9.17) is 4.42 Å². The summed E-state index contributed by atoms with van der Waals surface area (Å²) in [5, 5.41) is 24.7. The zero-order chi connectivity index (χ0) is 28.2. The highest BCUT2D eigenvalue weighted by atomic mass is 32.1. The van der Waals surface area contributed by atoms with Gasteiger partial charge < -0.3 is 4.42 Å². The lowest BCUT2D eigenvalue weighted by Crippen LogP contribution is -1.93. The van der Waals surface area contributed by atoms with Crippen LogP contribution in [0.15, 0.2) is 126 Å². The summed E-state index contributed by atoms with van der Waals surface area (Å²) in [4.78, 5) is 0. The summed E-state index contributed by atoms with van der Waals surface area (Å²) in [6.45, 7) is 0. The largest absolute Gasteiger partial charge is 0.456 e. The van der Waals surface area contributed by atoms with Gasteiger partial charge in [-0.1, -0.05) is 66.7 Å². The first-order chi connectivity index (χ1) is 20.7. The Morgan fingerprint density at radius 2 is 1.19 bits per heavy atom. The molecule has 2 aromatic heterocycles. The van der Waals surface area contributed by atoms with Crippen LogP contribution < -0.4 is 0 Å². The van der Waals surface area contributed by atoms with E-state index < -0.39 is 0 Å². The zero-order valence-electron chi connectivity index (χ0n) is 22.3. The SMILES string of the molecule is N#Cc1cccc(-c2cc(-c3ccc4c(c3)sc3ccccc34)cc(-c3ccc4oc5ccccc5c4c3)c2C#N)c1. The number of rotatable bonds is 3. The third-order valence-corrected chi connectivity index (χ3v) is 9.09. The molecule has 3 nitrogen and oxygen atoms in total. The van der Waals surface area contributed by atoms with E-state index in [0.717, 1.165) is 55.3 Å². The van der Waals surface area contributed by atoms with Gasteiger partial charge in [-0.05, 0) is 76.9 Å². The number of thiophene rings is 1. The lowest BCUT2D eigenvalue weighted by Gasteiger charge is -2.15. The fourth-order valence-corrected chi connectivity index (χ4v) is 7.09. The topological polar surface area (TPSA) is 60.7 Å². The van der Waals surface area contributed by atoms with Gasteiger partial charge in [-0.15, -0.1) is 11.3 Å². The average Bonchev–Trinajstić information content (AvgIpc) is 3.61. The molecule has 194 valence electrons. The molecule has 0 spiro atoms. The standard InChI is InChI=1S/C38H20N2OS/c39-21-23-6-5-7-25(16-23)31-18-27(24-12-14-30-29-9-2-4-11-37(29)42-38(30)20-24)19-32(34(31)22-40)26-13-15-36-33(17-26)28-8-1-3-10-35(28)41-36/h1-20H. The molecule has 0 aliphatic carbocycles. The number of furan rings is 1. The van der Waals surface area contributed by atoms with E-state index in [2.05, 4.69) is 78.9 Å². The minimum atomic E-state index is 0.557. The summed E-state index contributed by atoms with van der Waals surface area (Å²) in [7, 11) is 0. The van der Waals surface area contributed by atoms with Crippen molar-refractivity contribution in [2.75, 3.05) is 0 Å². The molecular weight excluding hydrogens is 532 g/mol. The lowest BCUT2D eigenvalue weighted by atomic mass is 9.87. The summed E-state index contributed by atoms with van der Waals surface area (Å²) in [5.41, 5.74) is 8.29. The highest BCUT2D eigenvalue weighted by molar-refractivity contribution is 7.25. The van der Waals surface area contributed by atoms with Crippen molar-refractivity contribution < 1.29 is 4.42 Å². The van der Waals surface area contributed by atoms with Crippen molar-refractivity contribution in [2.45, 2.75) is 0 Å². The molecule has 0 bridgehead atoms. The highest BCUT2D eigenvalue weighted by Gasteiger charge is 2.18. The molecule has 0 aliphatic heterocycles. The van der Waals surface area contributed by atoms with E-state index in [1.807, 2.05) is 48.5 Å². The molecule has 4 heteroatoms. The molecule has 0 atom stereocenters. The Labute approximate surface area is 245 Å². The average molecular weight is 553 g/mol. The third-order valence-electron chi connectivity index (χ3n) is 7.95. The molecule has 0 N–H and O–H groups in total. The Bertz CT molecular complexity index is 2450. The Hall–Kier alpha value is -5.68. The number of benzene rings is 6. The predicted molar refractivity (Wildman–Crippen MR) is 172 cm³/mol. The van der Waals surface area contributed by atoms with Crippen LogP contribution in [0.25, 0.3) is 75.5 Å². The predicted octanol–water partition coefficient (Wildman–Crippen LogP) is 10.7. The van der Waals surface area contributed by atoms with E-state index in [0.29, 0.717) is 11.1 Å². The Kier molecular flexibility index (Phi) is 5.44. The van der Waals surface area contributed by atoms with Crippen molar-refractivity contribution in [3.05, 3.63) is 132 Å². The monoisotopic (exact) mass is 552 g/mol. The number of fused-ring (bicyclic) bond motifs is 6. The van der Waals surface area contributed by atoms with Crippen LogP contribution in [0, 0.1) is 22.7 Å². The van der Waals surface area contributed by atoms with Crippen LogP contribution in [0.1, 0.15) is 11.1 Å². The number of hydrogen-bond acceptors (Lipinski definition) is 4. The lowest BCUT2D eigenvalue weighted by molar-refractivity contribution is 0.669. The van der Waals surface area contributed by atoms with Gasteiger partial charge in [0.05, 0.1) is 17.2 Å². The second-order valence-corrected chi connectivity index (χ2v) is 11.5. The Balaban J connectivity index is 1.40. The second-order valence-electron chi connectivity index (χ2n) is 10.4. The van der Waals surface area contributed by atoms with Gasteiger partial charge in [-0.3, -0.25) is 0 Å². The van der Waals surface area contributed by atoms with E-state index in [1.54, 1.807) is 17.4 Å². The van der Waals surface area contributed by atoms with E-state index >= 15 is 0 Å². The van der Waals surface area contributed by atoms with Gasteiger partial charge >= 0.3 is 0 Å². The molecule has 0 saturated carbocycles. The van der Waals surface area contributed by atoms with E-state index in [9.17, 15) is 10.5 Å². The van der Waals surface area contributed by atoms with Gasteiger partial charge in [0, 0.05) is 42.1 Å². The quantitative estimate of drug-likeness (QED) is 0.219. The first-order valence-electron chi connectivity index (χ1n) is 13.6. The van der Waals surface area contributed by atoms with Crippen molar-refractivity contribution in [3.8, 4) is 45.5 Å². The maximum absolute atomic E-state index is 10.5. The molecule has 0 unspecified atom stereocenters. The number of nitriles is 2. The van der Waals surface area contributed by atoms with E-state index in [1.165, 1.54) is 20.2 Å². The van der Waals surface area contributed by atoms with Crippen LogP contribution in [0.5, 0.6) is 0 Å². The van der Waals surface area contributed by atoms with Gasteiger partial charge in [0.1, 0.15) is 17.2 Å².